The van der Waals surface area contributed by atoms with Crippen LogP contribution in [-0.2, 0) is 17.5 Å². The van der Waals surface area contributed by atoms with Gasteiger partial charge in [-0.2, -0.15) is 0 Å². The maximum atomic E-state index is 12.8. The minimum absolute atomic E-state index is 0.0500. The minimum atomic E-state index is -3.50. The smallest absolute Gasteiger partial charge is 0.230 e. The number of aromatic nitrogens is 1. The van der Waals surface area contributed by atoms with Gasteiger partial charge in [0.2, 0.25) is 5.91 Å². The molecule has 0 bridgehead atoms. The summed E-state index contributed by atoms with van der Waals surface area (Å²) in [6.07, 6.45) is -16.8. The topological polar surface area (TPSA) is 88.2 Å². The van der Waals surface area contributed by atoms with Crippen LogP contribution >= 0.6 is 11.3 Å². The zero-order valence-corrected chi connectivity index (χ0v) is 16.0. The number of aliphatic hydroxyl groups excluding tert-OH is 1. The Morgan fingerprint density at radius 2 is 2.14 bits per heavy atom. The molecule has 0 unspecified atom stereocenters. The Morgan fingerprint density at radius 1 is 1.34 bits per heavy atom. The molecule has 152 valence electrons. The first kappa shape index (κ1) is 8.58. The Labute approximate surface area is 198 Å². The number of benzene rings is 2. The van der Waals surface area contributed by atoms with Crippen LogP contribution in [0.4, 0.5) is 10.8 Å². The van der Waals surface area contributed by atoms with Gasteiger partial charge in [0.05, 0.1) is 29.1 Å². The minimum Gasteiger partial charge on any atom is -0.388 e. The van der Waals surface area contributed by atoms with E-state index in [1.54, 1.807) is 0 Å². The molecular weight excluding hydrogens is 382 g/mol. The molecule has 0 radical (unpaired) electrons. The van der Waals surface area contributed by atoms with Crippen molar-refractivity contribution in [3.63, 3.8) is 0 Å². The average Bonchev–Trinajstić information content (AvgIpc) is 3.38. The number of nitrogens with zero attached hydrogens (tertiary/aromatic N) is 1. The molecule has 0 saturated heterocycles. The number of carbonyl (C=O) groups is 1. The third kappa shape index (κ3) is 6.69. The number of carbonyl (C=O) groups excluding carboxylic acids is 1. The number of hydrogen-bond donors (Lipinski definition) is 3. The van der Waals surface area contributed by atoms with E-state index < -0.39 is 115 Å². The first-order valence-corrected chi connectivity index (χ1v) is 9.09. The van der Waals surface area contributed by atoms with Crippen LogP contribution in [0.3, 0.4) is 0 Å². The highest BCUT2D eigenvalue weighted by atomic mass is 32.1. The molecule has 1 aromatic heterocycles. The van der Waals surface area contributed by atoms with Gasteiger partial charge in [-0.05, 0) is 49.3 Å². The number of nitrogen functional groups attached to an aromatic ring is 1. The lowest BCUT2D eigenvalue weighted by atomic mass is 10.00. The molecule has 4 N–H and O–H groups in total. The second kappa shape index (κ2) is 10.2. The number of anilines is 2. The molecule has 29 heavy (non-hydrogen) atoms. The quantitative estimate of drug-likeness (QED) is 0.465. The van der Waals surface area contributed by atoms with E-state index in [1.807, 2.05) is 5.32 Å². The fourth-order valence-electron chi connectivity index (χ4n) is 2.02. The van der Waals surface area contributed by atoms with Gasteiger partial charge in [-0.15, -0.1) is 11.3 Å². The highest BCUT2D eigenvalue weighted by molar-refractivity contribution is 7.13. The summed E-state index contributed by atoms with van der Waals surface area (Å²) < 4.78 is 132. The van der Waals surface area contributed by atoms with E-state index in [1.165, 1.54) is 6.92 Å². The fourth-order valence-corrected chi connectivity index (χ4v) is 2.51. The van der Waals surface area contributed by atoms with Crippen LogP contribution in [0.15, 0.2) is 53.7 Å². The first-order chi connectivity index (χ1) is 20.3. The Balaban J connectivity index is 2.04. The van der Waals surface area contributed by atoms with Gasteiger partial charge in [-0.25, -0.2) is 4.98 Å². The van der Waals surface area contributed by atoms with Crippen LogP contribution < -0.4 is 11.1 Å². The van der Waals surface area contributed by atoms with Gasteiger partial charge >= 0.3 is 0 Å². The molecular formula is C23H27N3O2S. The van der Waals surface area contributed by atoms with E-state index in [0.717, 1.165) is 16.7 Å². The van der Waals surface area contributed by atoms with Gasteiger partial charge in [-0.3, -0.25) is 4.79 Å². The molecule has 0 aliphatic rings. The van der Waals surface area contributed by atoms with Gasteiger partial charge in [0.15, 0.2) is 5.13 Å². The third-order valence-electron chi connectivity index (χ3n) is 3.27. The number of hydrogen-bond acceptors (Lipinski definition) is 5. The zero-order chi connectivity index (χ0) is 34.8. The van der Waals surface area contributed by atoms with Crippen LogP contribution in [-0.4, -0.2) is 16.0 Å². The van der Waals surface area contributed by atoms with E-state index in [9.17, 15) is 9.90 Å². The molecule has 1 atom stereocenters. The van der Waals surface area contributed by atoms with Gasteiger partial charge < -0.3 is 16.2 Å². The number of nitrogens with two attached hydrogens (primary N) is 1. The van der Waals surface area contributed by atoms with Crippen LogP contribution in [0.1, 0.15) is 69.6 Å². The number of rotatable bonds is 9. The molecule has 3 aromatic rings. The Kier molecular flexibility index (Phi) is 3.01. The monoisotopic (exact) mass is 425 g/mol. The van der Waals surface area contributed by atoms with Crippen molar-refractivity contribution < 1.29 is 31.8 Å². The maximum Gasteiger partial charge on any atom is 0.230 e. The second-order valence-electron chi connectivity index (χ2n) is 5.52. The highest BCUT2D eigenvalue weighted by Crippen LogP contribution is 2.21. The number of nitrogens with one attached hydrogen (secondary N) is 1. The largest absolute Gasteiger partial charge is 0.388 e. The van der Waals surface area contributed by atoms with Crippen molar-refractivity contribution >= 4 is 28.1 Å². The summed E-state index contributed by atoms with van der Waals surface area (Å²) in [5.74, 6) is -1.45. The van der Waals surface area contributed by atoms with Crippen LogP contribution in [0.5, 0.6) is 0 Å². The Morgan fingerprint density at radius 3 is 2.86 bits per heavy atom. The van der Waals surface area contributed by atoms with Gasteiger partial charge in [-0.1, -0.05) is 48.2 Å². The second-order valence-corrected chi connectivity index (χ2v) is 6.41. The Bertz CT molecular complexity index is 1620. The molecule has 6 heteroatoms. The SMILES string of the molecule is [2H]c1c([2H])c(C)c([2H])c([C@@H](O)C([2H])([2H])CC([2H])([2H])C([2H])([2H])c2c([2H])c([2H])c(NC(=O)C([2H])([2H])c3csc(N)n3)c([2H])c2[2H])c1[2H]. The number of aliphatic hydroxyl groups is 1. The van der Waals surface area contributed by atoms with E-state index in [-0.39, 0.29) is 10.7 Å². The molecule has 1 heterocycles. The lowest BCUT2D eigenvalue weighted by Crippen LogP contribution is -2.14. The Hall–Kier alpha value is -2.70. The van der Waals surface area contributed by atoms with Crippen molar-refractivity contribution in [1.29, 1.82) is 0 Å². The van der Waals surface area contributed by atoms with Crippen molar-refractivity contribution in [1.82, 2.24) is 4.98 Å². The summed E-state index contributed by atoms with van der Waals surface area (Å²) in [5, 5.41) is 13.9. The molecule has 0 spiro atoms. The van der Waals surface area contributed by atoms with Crippen LogP contribution in [0.25, 0.3) is 0 Å². The summed E-state index contributed by atoms with van der Waals surface area (Å²) in [6, 6.07) is -7.17. The molecule has 2 aromatic carbocycles. The van der Waals surface area contributed by atoms with E-state index in [2.05, 4.69) is 4.98 Å². The van der Waals surface area contributed by atoms with Gasteiger partial charge in [0.25, 0.3) is 0 Å². The van der Waals surface area contributed by atoms with Crippen molar-refractivity contribution in [2.24, 2.45) is 0 Å². The predicted octanol–water partition coefficient (Wildman–Crippen LogP) is 4.66. The predicted molar refractivity (Wildman–Crippen MR) is 119 cm³/mol. The summed E-state index contributed by atoms with van der Waals surface area (Å²) >= 11 is 0.839. The number of amides is 1. The molecule has 5 nitrogen and oxygen atoms in total. The van der Waals surface area contributed by atoms with Crippen molar-refractivity contribution in [2.45, 2.75) is 44.9 Å². The normalized spacial score (nSPS) is 21.9. The maximum absolute atomic E-state index is 12.8. The van der Waals surface area contributed by atoms with Crippen molar-refractivity contribution in [3.05, 3.63) is 76.1 Å². The summed E-state index contributed by atoms with van der Waals surface area (Å²) in [5.41, 5.74) is 2.21. The lowest BCUT2D eigenvalue weighted by Gasteiger charge is -2.11. The zero-order valence-electron chi connectivity index (χ0n) is 31.2. The summed E-state index contributed by atoms with van der Waals surface area (Å²) in [4.78, 5) is 16.5. The summed E-state index contributed by atoms with van der Waals surface area (Å²) in [6.45, 7) is 1.24. The molecule has 1 amide bonds. The highest BCUT2D eigenvalue weighted by Gasteiger charge is 2.08. The molecule has 0 aliphatic carbocycles. The van der Waals surface area contributed by atoms with Crippen molar-refractivity contribution in [2.75, 3.05) is 11.1 Å². The average molecular weight is 426 g/mol. The molecule has 0 saturated carbocycles. The number of thiazole rings is 1. The standard InChI is InChI=1S/C23H27N3O2S/c1-16-5-4-7-18(13-16)21(27)8-3-2-6-17-9-11-19(12-10-17)25-22(28)14-20-15-29-23(24)26-20/h4-5,7,9-13,15,21,27H,2-3,6,8,14H2,1H3,(H2,24,26)(H,25,28)/t21-/m0/s1/i2D2,4D,5D,6D2,7D,8D2,9D,10D,11D,12D,13D,14D2. The van der Waals surface area contributed by atoms with Gasteiger partial charge in [0, 0.05) is 22.0 Å². The van der Waals surface area contributed by atoms with Crippen LogP contribution in [0, 0.1) is 6.92 Å². The van der Waals surface area contributed by atoms with E-state index >= 15 is 0 Å². The van der Waals surface area contributed by atoms with E-state index in [4.69, 9.17) is 27.7 Å². The van der Waals surface area contributed by atoms with E-state index in [0.29, 0.717) is 0 Å². The molecule has 3 rings (SSSR count). The fraction of sp³-hybridized carbons (Fsp3) is 0.304. The first-order valence-electron chi connectivity index (χ1n) is 16.2. The van der Waals surface area contributed by atoms with Crippen molar-refractivity contribution in [3.8, 4) is 0 Å². The van der Waals surface area contributed by atoms with Gasteiger partial charge in [0.1, 0.15) is 0 Å². The third-order valence-corrected chi connectivity index (χ3v) is 3.94. The van der Waals surface area contributed by atoms with Crippen LogP contribution in [0.2, 0.25) is 0 Å². The lowest BCUT2D eigenvalue weighted by molar-refractivity contribution is -0.115. The summed E-state index contributed by atoms with van der Waals surface area (Å²) in [7, 11) is 0. The molecule has 0 aliphatic heterocycles. The molecule has 0 fully saturated rings.